The number of H-pyrrole nitrogens is 1. The van der Waals surface area contributed by atoms with Crippen LogP contribution >= 0.6 is 0 Å². The summed E-state index contributed by atoms with van der Waals surface area (Å²) in [5.41, 5.74) is 0.367. The van der Waals surface area contributed by atoms with Gasteiger partial charge in [0.1, 0.15) is 11.5 Å². The van der Waals surface area contributed by atoms with Gasteiger partial charge in [-0.25, -0.2) is 4.98 Å². The normalized spacial score (nSPS) is 10.2. The third-order valence-corrected chi connectivity index (χ3v) is 1.88. The van der Waals surface area contributed by atoms with Crippen molar-refractivity contribution in [3.8, 4) is 0 Å². The number of rotatable bonds is 3. The lowest BCUT2D eigenvalue weighted by molar-refractivity contribution is 0.101. The number of carbonyl (C=O) groups is 1. The largest absolute Gasteiger partial charge is 0.313 e. The first-order chi connectivity index (χ1) is 6.56. The lowest BCUT2D eigenvalue weighted by atomic mass is 10.2. The van der Waals surface area contributed by atoms with E-state index in [1.54, 1.807) is 14.0 Å². The molecule has 0 aliphatic rings. The number of Topliss-reactive ketones (excluding diaryl/α,β-unsaturated/α-hetero) is 1. The average Bonchev–Trinajstić information content (AvgIpc) is 2.11. The van der Waals surface area contributed by atoms with E-state index in [0.29, 0.717) is 17.9 Å². The van der Waals surface area contributed by atoms with Crippen LogP contribution in [-0.4, -0.2) is 22.8 Å². The van der Waals surface area contributed by atoms with E-state index in [1.165, 1.54) is 6.92 Å². The molecule has 0 aromatic carbocycles. The van der Waals surface area contributed by atoms with Gasteiger partial charge in [0.2, 0.25) is 0 Å². The van der Waals surface area contributed by atoms with E-state index in [4.69, 9.17) is 0 Å². The van der Waals surface area contributed by atoms with Gasteiger partial charge in [-0.3, -0.25) is 9.59 Å². The van der Waals surface area contributed by atoms with Crippen LogP contribution in [-0.2, 0) is 6.54 Å². The third-order valence-electron chi connectivity index (χ3n) is 1.88. The predicted octanol–water partition coefficient (Wildman–Crippen LogP) is 0.000320. The Labute approximate surface area is 81.6 Å². The van der Waals surface area contributed by atoms with E-state index < -0.39 is 0 Å². The van der Waals surface area contributed by atoms with E-state index in [9.17, 15) is 9.59 Å². The third kappa shape index (κ3) is 2.05. The summed E-state index contributed by atoms with van der Waals surface area (Å²) in [5, 5.41) is 2.85. The molecule has 0 fully saturated rings. The molecule has 0 aliphatic carbocycles. The second-order valence-corrected chi connectivity index (χ2v) is 3.07. The van der Waals surface area contributed by atoms with Crippen molar-refractivity contribution in [1.82, 2.24) is 15.3 Å². The highest BCUT2D eigenvalue weighted by molar-refractivity contribution is 5.93. The van der Waals surface area contributed by atoms with Crippen molar-refractivity contribution >= 4 is 5.78 Å². The lowest BCUT2D eigenvalue weighted by Crippen LogP contribution is -2.22. The molecule has 1 aromatic heterocycles. The quantitative estimate of drug-likeness (QED) is 0.666. The topological polar surface area (TPSA) is 74.8 Å². The second kappa shape index (κ2) is 4.15. The second-order valence-electron chi connectivity index (χ2n) is 3.07. The molecule has 0 saturated carbocycles. The van der Waals surface area contributed by atoms with Crippen molar-refractivity contribution in [2.75, 3.05) is 7.05 Å². The van der Waals surface area contributed by atoms with Crippen molar-refractivity contribution in [1.29, 1.82) is 0 Å². The fraction of sp³-hybridized carbons (Fsp3) is 0.444. The van der Waals surface area contributed by atoms with Gasteiger partial charge in [0, 0.05) is 12.5 Å². The maximum atomic E-state index is 11.4. The molecule has 1 rings (SSSR count). The van der Waals surface area contributed by atoms with Crippen LogP contribution in [0, 0.1) is 6.92 Å². The summed E-state index contributed by atoms with van der Waals surface area (Å²) in [6.07, 6.45) is 0. The van der Waals surface area contributed by atoms with Crippen molar-refractivity contribution in [3.63, 3.8) is 0 Å². The van der Waals surface area contributed by atoms with Gasteiger partial charge in [0.25, 0.3) is 5.56 Å². The number of nitrogens with zero attached hydrogens (tertiary/aromatic N) is 1. The van der Waals surface area contributed by atoms with Crippen LogP contribution < -0.4 is 10.9 Å². The van der Waals surface area contributed by atoms with Crippen LogP contribution in [0.4, 0.5) is 0 Å². The summed E-state index contributed by atoms with van der Waals surface area (Å²) in [6.45, 7) is 3.43. The van der Waals surface area contributed by atoms with Crippen LogP contribution in [0.1, 0.15) is 28.8 Å². The van der Waals surface area contributed by atoms with Crippen molar-refractivity contribution < 1.29 is 4.79 Å². The smallest absolute Gasteiger partial charge is 0.254 e. The lowest BCUT2D eigenvalue weighted by Gasteiger charge is -2.03. The van der Waals surface area contributed by atoms with Gasteiger partial charge >= 0.3 is 0 Å². The fourth-order valence-electron chi connectivity index (χ4n) is 1.17. The van der Waals surface area contributed by atoms with Crippen molar-refractivity contribution in [2.24, 2.45) is 0 Å². The molecule has 1 heterocycles. The molecule has 76 valence electrons. The first-order valence-electron chi connectivity index (χ1n) is 4.31. The number of aromatic amines is 1. The maximum absolute atomic E-state index is 11.4. The van der Waals surface area contributed by atoms with Gasteiger partial charge in [0.05, 0.1) is 6.54 Å². The minimum Gasteiger partial charge on any atom is -0.313 e. The van der Waals surface area contributed by atoms with E-state index in [1.807, 2.05) is 0 Å². The molecule has 0 amide bonds. The summed E-state index contributed by atoms with van der Waals surface area (Å²) in [5.74, 6) is 0.291. The highest BCUT2D eigenvalue weighted by Crippen LogP contribution is 2.00. The van der Waals surface area contributed by atoms with E-state index in [0.717, 1.165) is 0 Å². The minimum absolute atomic E-state index is 0.189. The molecule has 0 atom stereocenters. The molecule has 5 nitrogen and oxygen atoms in total. The molecule has 5 heteroatoms. The molecule has 0 radical (unpaired) electrons. The summed E-state index contributed by atoms with van der Waals surface area (Å²) < 4.78 is 0. The highest BCUT2D eigenvalue weighted by atomic mass is 16.1. The zero-order chi connectivity index (χ0) is 10.7. The zero-order valence-electron chi connectivity index (χ0n) is 8.47. The van der Waals surface area contributed by atoms with Crippen molar-refractivity contribution in [2.45, 2.75) is 20.4 Å². The Morgan fingerprint density at radius 2 is 2.21 bits per heavy atom. The molecular formula is C9H13N3O2. The zero-order valence-corrected chi connectivity index (χ0v) is 8.47. The predicted molar refractivity (Wildman–Crippen MR) is 52.4 cm³/mol. The minimum atomic E-state index is -0.254. The van der Waals surface area contributed by atoms with Crippen LogP contribution in [0.15, 0.2) is 4.79 Å². The van der Waals surface area contributed by atoms with Crippen LogP contribution in [0.3, 0.4) is 0 Å². The summed E-state index contributed by atoms with van der Waals surface area (Å²) in [6, 6.07) is 0. The Hall–Kier alpha value is -1.49. The molecule has 0 aliphatic heterocycles. The molecular weight excluding hydrogens is 182 g/mol. The Morgan fingerprint density at radius 1 is 1.57 bits per heavy atom. The Kier molecular flexibility index (Phi) is 3.14. The van der Waals surface area contributed by atoms with Gasteiger partial charge in [-0.2, -0.15) is 0 Å². The number of ketones is 1. The van der Waals surface area contributed by atoms with Gasteiger partial charge in [-0.05, 0) is 14.0 Å². The van der Waals surface area contributed by atoms with E-state index in [2.05, 4.69) is 15.3 Å². The number of carbonyl (C=O) groups excluding carboxylic acids is 1. The van der Waals surface area contributed by atoms with Gasteiger partial charge in [-0.15, -0.1) is 0 Å². The molecule has 1 aromatic rings. The SMILES string of the molecule is CNCc1nc(C(C)=O)c(C)c(=O)[nH]1. The molecule has 0 saturated heterocycles. The summed E-state index contributed by atoms with van der Waals surface area (Å²) >= 11 is 0. The van der Waals surface area contributed by atoms with Crippen LogP contribution in [0.2, 0.25) is 0 Å². The highest BCUT2D eigenvalue weighted by Gasteiger charge is 2.10. The van der Waals surface area contributed by atoms with Crippen molar-refractivity contribution in [3.05, 3.63) is 27.4 Å². The molecule has 0 spiro atoms. The van der Waals surface area contributed by atoms with Crippen LogP contribution in [0.5, 0.6) is 0 Å². The number of hydrogen-bond acceptors (Lipinski definition) is 4. The monoisotopic (exact) mass is 195 g/mol. The van der Waals surface area contributed by atoms with Gasteiger partial charge in [-0.1, -0.05) is 0 Å². The first kappa shape index (κ1) is 10.6. The maximum Gasteiger partial charge on any atom is 0.254 e. The molecule has 0 unspecified atom stereocenters. The Balaban J connectivity index is 3.28. The van der Waals surface area contributed by atoms with Gasteiger partial charge < -0.3 is 10.3 Å². The number of aromatic nitrogens is 2. The average molecular weight is 195 g/mol. The molecule has 0 bridgehead atoms. The van der Waals surface area contributed by atoms with E-state index in [-0.39, 0.29) is 17.0 Å². The number of hydrogen-bond donors (Lipinski definition) is 2. The Bertz CT molecular complexity index is 409. The Morgan fingerprint density at radius 3 is 2.71 bits per heavy atom. The fourth-order valence-corrected chi connectivity index (χ4v) is 1.17. The van der Waals surface area contributed by atoms with Gasteiger partial charge in [0.15, 0.2) is 5.78 Å². The number of nitrogens with one attached hydrogen (secondary N) is 2. The summed E-state index contributed by atoms with van der Waals surface area (Å²) in [7, 11) is 1.74. The molecule has 14 heavy (non-hydrogen) atoms. The first-order valence-corrected chi connectivity index (χ1v) is 4.31. The standard InChI is InChI=1S/C9H13N3O2/c1-5-8(6(2)13)11-7(4-10-3)12-9(5)14/h10H,4H2,1-3H3,(H,11,12,14). The van der Waals surface area contributed by atoms with Crippen LogP contribution in [0.25, 0.3) is 0 Å². The molecule has 2 N–H and O–H groups in total. The summed E-state index contributed by atoms with van der Waals surface area (Å²) in [4.78, 5) is 29.1. The van der Waals surface area contributed by atoms with E-state index >= 15 is 0 Å².